The van der Waals surface area contributed by atoms with Crippen LogP contribution in [0.1, 0.15) is 26.7 Å². The Balaban J connectivity index is 0.000000481. The van der Waals surface area contributed by atoms with Crippen molar-refractivity contribution in [2.24, 2.45) is 17.8 Å². The van der Waals surface area contributed by atoms with Crippen LogP contribution in [0.25, 0.3) is 0 Å². The lowest BCUT2D eigenvalue weighted by atomic mass is 9.79. The maximum Gasteiger partial charge on any atom is 0.414 e. The summed E-state index contributed by atoms with van der Waals surface area (Å²) < 4.78 is 0. The molecule has 0 radical (unpaired) electrons. The first-order valence-corrected chi connectivity index (χ1v) is 12.0. The lowest BCUT2D eigenvalue weighted by Gasteiger charge is -2.46. The minimum absolute atomic E-state index is 0.00987. The summed E-state index contributed by atoms with van der Waals surface area (Å²) in [6, 6.07) is 0.0261. The van der Waals surface area contributed by atoms with Gasteiger partial charge in [-0.25, -0.2) is 14.4 Å². The van der Waals surface area contributed by atoms with E-state index in [1.54, 1.807) is 18.7 Å². The quantitative estimate of drug-likeness (QED) is 0.193. The number of carboxylic acids is 3. The molecular weight excluding hydrogens is 470 g/mol. The van der Waals surface area contributed by atoms with Crippen molar-refractivity contribution in [1.82, 2.24) is 15.1 Å². The monoisotopic (exact) mass is 501 g/mol. The zero-order valence-electron chi connectivity index (χ0n) is 19.0. The topological polar surface area (TPSA) is 188 Å². The Hall–Kier alpha value is -2.19. The van der Waals surface area contributed by atoms with Gasteiger partial charge in [-0.15, -0.1) is 11.8 Å². The minimum Gasteiger partial charge on any atom is -0.477 e. The average Bonchev–Trinajstić information content (AvgIpc) is 3.46. The van der Waals surface area contributed by atoms with E-state index in [0.29, 0.717) is 18.5 Å². The molecule has 7 atom stereocenters. The molecule has 0 aromatic heterocycles. The zero-order valence-corrected chi connectivity index (χ0v) is 19.8. The Morgan fingerprint density at radius 2 is 1.85 bits per heavy atom. The summed E-state index contributed by atoms with van der Waals surface area (Å²) in [6.07, 6.45) is 1.21. The predicted octanol–water partition coefficient (Wildman–Crippen LogP) is -0.969. The third kappa shape index (κ3) is 4.93. The van der Waals surface area contributed by atoms with Crippen molar-refractivity contribution in [1.29, 1.82) is 0 Å². The van der Waals surface area contributed by atoms with E-state index in [9.17, 15) is 24.9 Å². The highest BCUT2D eigenvalue weighted by Gasteiger charge is 2.60. The second-order valence-electron chi connectivity index (χ2n) is 9.09. The highest BCUT2D eigenvalue weighted by Crippen LogP contribution is 2.52. The van der Waals surface area contributed by atoms with Crippen LogP contribution in [-0.4, -0.2) is 109 Å². The van der Waals surface area contributed by atoms with Crippen LogP contribution < -0.4 is 5.32 Å². The van der Waals surface area contributed by atoms with Gasteiger partial charge in [0.2, 0.25) is 5.91 Å². The fourth-order valence-electron chi connectivity index (χ4n) is 5.49. The summed E-state index contributed by atoms with van der Waals surface area (Å²) in [5, 5.41) is 47.9. The van der Waals surface area contributed by atoms with Crippen LogP contribution in [0.4, 0.5) is 0 Å². The molecule has 13 heteroatoms. The average molecular weight is 502 g/mol. The molecule has 12 nitrogen and oxygen atoms in total. The molecular formula is C21H31N3O9S. The largest absolute Gasteiger partial charge is 0.477 e. The van der Waals surface area contributed by atoms with Gasteiger partial charge in [0.25, 0.3) is 0 Å². The maximum atomic E-state index is 12.5. The molecule has 0 aliphatic carbocycles. The van der Waals surface area contributed by atoms with E-state index in [4.69, 9.17) is 19.8 Å². The molecule has 0 spiro atoms. The molecule has 0 saturated carbocycles. The second kappa shape index (κ2) is 10.6. The zero-order chi connectivity index (χ0) is 25.3. The molecule has 3 saturated heterocycles. The molecule has 6 N–H and O–H groups in total. The summed E-state index contributed by atoms with van der Waals surface area (Å²) in [5.41, 5.74) is 0.0888. The van der Waals surface area contributed by atoms with Crippen LogP contribution in [0.3, 0.4) is 0 Å². The van der Waals surface area contributed by atoms with Crippen molar-refractivity contribution >= 4 is 35.6 Å². The van der Waals surface area contributed by atoms with E-state index < -0.39 is 29.9 Å². The molecule has 4 aliphatic rings. The first-order valence-electron chi connectivity index (χ1n) is 11.2. The number of nitrogens with zero attached hydrogens (tertiary/aromatic N) is 2. The molecule has 4 aliphatic heterocycles. The van der Waals surface area contributed by atoms with Gasteiger partial charge < -0.3 is 35.7 Å². The Morgan fingerprint density at radius 3 is 2.32 bits per heavy atom. The number of β-lactam (4-membered cyclic amide) rings is 1. The Morgan fingerprint density at radius 1 is 1.21 bits per heavy atom. The Labute approximate surface area is 200 Å². The van der Waals surface area contributed by atoms with Crippen molar-refractivity contribution in [3.05, 3.63) is 10.6 Å². The molecule has 0 bridgehead atoms. The number of likely N-dealkylation sites (tertiary alicyclic amines) is 1. The van der Waals surface area contributed by atoms with Crippen LogP contribution in [0.2, 0.25) is 0 Å². The van der Waals surface area contributed by atoms with Crippen LogP contribution in [0.5, 0.6) is 0 Å². The molecule has 190 valence electrons. The molecule has 3 fully saturated rings. The number of amides is 1. The molecule has 1 amide bonds. The van der Waals surface area contributed by atoms with Gasteiger partial charge in [0.1, 0.15) is 5.70 Å². The number of carbonyl (C=O) groups is 4. The van der Waals surface area contributed by atoms with E-state index in [1.165, 1.54) is 4.90 Å². The SMILES string of the molecule is CC(O)C1C(=O)N2C(C(=O)O)=C(SC3CC(C4CCNC4)N(CO)C3)C(C)[C@@H]12.O=C(O)C(=O)O. The molecule has 34 heavy (non-hydrogen) atoms. The number of carboxylic acid groups (broad SMARTS) is 3. The predicted molar refractivity (Wildman–Crippen MR) is 119 cm³/mol. The van der Waals surface area contributed by atoms with Crippen LogP contribution in [-0.2, 0) is 19.2 Å². The number of thioether (sulfide) groups is 1. The molecule has 4 heterocycles. The standard InChI is InChI=1S/C19H29N3O5S.C2H2O4/c1-9-15-14(10(2)24)18(25)22(15)16(19(26)27)17(9)28-12-5-13(21(7-12)8-23)11-3-4-20-6-11;3-1(4)2(5)6/h9-15,20,23-24H,3-8H2,1-2H3,(H,26,27);(H,3,4)(H,5,6)/t9?,10?,11?,12?,13?,14?,15-;/m0./s1. The van der Waals surface area contributed by atoms with Crippen LogP contribution >= 0.6 is 11.8 Å². The van der Waals surface area contributed by atoms with Gasteiger partial charge in [0.05, 0.1) is 24.8 Å². The summed E-state index contributed by atoms with van der Waals surface area (Å²) in [6.45, 7) is 6.23. The minimum atomic E-state index is -1.82. The third-order valence-corrected chi connectivity index (χ3v) is 8.52. The number of nitrogens with one attached hydrogen (secondary N) is 1. The van der Waals surface area contributed by atoms with Gasteiger partial charge in [-0.1, -0.05) is 6.92 Å². The second-order valence-corrected chi connectivity index (χ2v) is 10.4. The number of aliphatic hydroxyl groups is 2. The van der Waals surface area contributed by atoms with E-state index in [1.807, 2.05) is 6.92 Å². The van der Waals surface area contributed by atoms with E-state index in [2.05, 4.69) is 10.2 Å². The van der Waals surface area contributed by atoms with Crippen molar-refractivity contribution < 1.29 is 44.7 Å². The van der Waals surface area contributed by atoms with Crippen molar-refractivity contribution in [3.63, 3.8) is 0 Å². The lowest BCUT2D eigenvalue weighted by Crippen LogP contribution is -2.63. The summed E-state index contributed by atoms with van der Waals surface area (Å²) in [4.78, 5) is 46.8. The lowest BCUT2D eigenvalue weighted by molar-refractivity contribution is -0.163. The summed E-state index contributed by atoms with van der Waals surface area (Å²) in [7, 11) is 0. The summed E-state index contributed by atoms with van der Waals surface area (Å²) >= 11 is 1.55. The van der Waals surface area contributed by atoms with Gasteiger partial charge >= 0.3 is 17.9 Å². The first-order chi connectivity index (χ1) is 16.0. The number of aliphatic hydroxyl groups excluding tert-OH is 2. The van der Waals surface area contributed by atoms with Crippen molar-refractivity contribution in [2.45, 2.75) is 50.1 Å². The van der Waals surface area contributed by atoms with Gasteiger partial charge in [-0.05, 0) is 38.8 Å². The number of hydrogen-bond acceptors (Lipinski definition) is 9. The first kappa shape index (κ1) is 26.4. The highest BCUT2D eigenvalue weighted by atomic mass is 32.2. The molecule has 0 aromatic rings. The van der Waals surface area contributed by atoms with Crippen LogP contribution in [0.15, 0.2) is 10.6 Å². The smallest absolute Gasteiger partial charge is 0.414 e. The molecule has 0 aromatic carbocycles. The van der Waals surface area contributed by atoms with Gasteiger partial charge in [0, 0.05) is 28.7 Å². The normalized spacial score (nSPS) is 33.8. The molecule has 4 rings (SSSR count). The number of carbonyl (C=O) groups excluding carboxylic acids is 1. The number of aliphatic carboxylic acids is 3. The van der Waals surface area contributed by atoms with E-state index in [0.717, 1.165) is 30.8 Å². The number of hydrogen-bond donors (Lipinski definition) is 6. The number of rotatable bonds is 6. The Bertz CT molecular complexity index is 862. The Kier molecular flexibility index (Phi) is 8.24. The maximum absolute atomic E-state index is 12.5. The van der Waals surface area contributed by atoms with Gasteiger partial charge in [-0.2, -0.15) is 0 Å². The van der Waals surface area contributed by atoms with Crippen LogP contribution in [0, 0.1) is 17.8 Å². The fraction of sp³-hybridized carbons (Fsp3) is 0.714. The van der Waals surface area contributed by atoms with Gasteiger partial charge in [0.15, 0.2) is 0 Å². The highest BCUT2D eigenvalue weighted by molar-refractivity contribution is 8.03. The summed E-state index contributed by atoms with van der Waals surface area (Å²) in [5.74, 6) is -5.15. The van der Waals surface area contributed by atoms with E-state index >= 15 is 0 Å². The van der Waals surface area contributed by atoms with Crippen molar-refractivity contribution in [3.8, 4) is 0 Å². The number of fused-ring (bicyclic) bond motifs is 1. The fourth-order valence-corrected chi connectivity index (χ4v) is 7.06. The third-order valence-electron chi connectivity index (χ3n) is 7.02. The molecule has 6 unspecified atom stereocenters. The van der Waals surface area contributed by atoms with E-state index in [-0.39, 0.29) is 35.5 Å². The van der Waals surface area contributed by atoms with Crippen molar-refractivity contribution in [2.75, 3.05) is 26.4 Å². The van der Waals surface area contributed by atoms with Gasteiger partial charge in [-0.3, -0.25) is 9.69 Å².